The molecule has 19 rings (SSSR count). The molecule has 5 aliphatic rings. The number of hydrogen-bond donors (Lipinski definition) is 33. The maximum Gasteiger partial charge on any atom is 0.338 e. The van der Waals surface area contributed by atoms with Crippen LogP contribution in [0.4, 0.5) is 0 Å². The van der Waals surface area contributed by atoms with E-state index in [-0.39, 0.29) is 209 Å². The summed E-state index contributed by atoms with van der Waals surface area (Å²) in [7, 11) is 1.35. The van der Waals surface area contributed by atoms with Gasteiger partial charge in [-0.15, -0.1) is 0 Å². The van der Waals surface area contributed by atoms with Crippen LogP contribution in [-0.2, 0) is 36.8 Å². The fourth-order valence-corrected chi connectivity index (χ4v) is 15.8. The molecule has 14 aromatic rings. The fourth-order valence-electron chi connectivity index (χ4n) is 15.8. The summed E-state index contributed by atoms with van der Waals surface area (Å²) in [5.74, 6) is -11.2. The Bertz CT molecular complexity index is 6920. The Balaban J connectivity index is 0.000000135. The van der Waals surface area contributed by atoms with Gasteiger partial charge in [-0.3, -0.25) is 4.79 Å². The van der Waals surface area contributed by atoms with Crippen LogP contribution in [0.1, 0.15) is 96.5 Å². The first kappa shape index (κ1) is 98.4. The Morgan fingerprint density at radius 1 is 0.277 bits per heavy atom. The molecule has 141 heavy (non-hydrogen) atoms. The predicted octanol–water partition coefficient (Wildman–Crippen LogP) is 10.4. The average Bonchev–Trinajstić information content (AvgIpc) is 0.767. The van der Waals surface area contributed by atoms with Crippen LogP contribution in [0.15, 0.2) is 191 Å². The molecule has 1 aromatic heterocycles. The number of hydrogen-bond acceptors (Lipinski definition) is 43. The molecular formula is C98H86O43. The Labute approximate surface area is 790 Å². The number of phenolic OH excluding ortho intramolecular Hbond substituents is 28. The van der Waals surface area contributed by atoms with E-state index in [0.717, 1.165) is 66.7 Å². The van der Waals surface area contributed by atoms with E-state index in [0.29, 0.717) is 38.9 Å². The molecule has 43 heteroatoms. The van der Waals surface area contributed by atoms with E-state index >= 15 is 0 Å². The number of aliphatic hydroxyl groups is 4. The minimum atomic E-state index is -1.06. The summed E-state index contributed by atoms with van der Waals surface area (Å²) in [6.07, 6.45) is -9.09. The second kappa shape index (κ2) is 39.7. The number of rotatable bonds is 9. The molecule has 0 spiro atoms. The SMILES string of the molecule is COc1cc(-c2oc3cc(O)cc(O)c3c(=O)c2O)ccc1O.O=C(O[C@@H]1Cc2c(O)cc(O)cc2O[C@@H]1c1ccc(O)c(O)c1)c1cc(O)c(O)c(O)c1.Oc1cc(O)c2c(c1)OC(c1cc(O)c(O)c(O)c1)C(O)C2.Oc1cc(O)c2c(c1)OC(c1ccc(O)c(O)c1)C(O)C2.Oc1cc(O)c2c(c1)O[C@@H](c1cc(O)c(O)c(O)c1)[C@H](O)C2.Oc1cc(O)c2c(c1)O[C@H](c1ccc(O)c(O)c1)[C@@H](O)C2. The molecule has 0 saturated carbocycles. The van der Waals surface area contributed by atoms with Crippen molar-refractivity contribution in [2.45, 2.75) is 93.1 Å². The summed E-state index contributed by atoms with van der Waals surface area (Å²) in [5.41, 5.74) is 2.66. The Hall–Kier alpha value is -18.6. The first-order chi connectivity index (χ1) is 66.7. The van der Waals surface area contributed by atoms with Crippen molar-refractivity contribution in [3.8, 4) is 213 Å². The third kappa shape index (κ3) is 20.9. The van der Waals surface area contributed by atoms with Gasteiger partial charge in [-0.1, -0.05) is 18.2 Å². The van der Waals surface area contributed by atoms with Crippen molar-refractivity contribution in [2.24, 2.45) is 0 Å². The van der Waals surface area contributed by atoms with E-state index in [4.69, 9.17) is 37.6 Å². The van der Waals surface area contributed by atoms with Crippen LogP contribution in [0, 0.1) is 0 Å². The minimum absolute atomic E-state index is 0.0461. The van der Waals surface area contributed by atoms with Crippen LogP contribution < -0.4 is 33.8 Å². The zero-order chi connectivity index (χ0) is 102. The summed E-state index contributed by atoms with van der Waals surface area (Å²) in [5, 5.41) is 319. The fraction of sp³-hybridized carbons (Fsp3) is 0.163. The van der Waals surface area contributed by atoms with Gasteiger partial charge in [0.05, 0.1) is 37.1 Å². The number of esters is 1. The lowest BCUT2D eigenvalue weighted by molar-refractivity contribution is -0.0189. The molecule has 736 valence electrons. The van der Waals surface area contributed by atoms with Gasteiger partial charge in [-0.25, -0.2) is 4.79 Å². The number of carbonyl (C=O) groups excluding carboxylic acids is 1. The number of ether oxygens (including phenoxy) is 7. The molecular weight excluding hydrogens is 1870 g/mol. The zero-order valence-corrected chi connectivity index (χ0v) is 72.5. The Morgan fingerprint density at radius 2 is 0.560 bits per heavy atom. The lowest BCUT2D eigenvalue weighted by Gasteiger charge is -2.34. The summed E-state index contributed by atoms with van der Waals surface area (Å²) in [6, 6.07) is 37.2. The second-order valence-electron chi connectivity index (χ2n) is 32.4. The van der Waals surface area contributed by atoms with Crippen molar-refractivity contribution in [3.63, 3.8) is 0 Å². The van der Waals surface area contributed by atoms with Crippen molar-refractivity contribution in [2.75, 3.05) is 7.11 Å². The normalized spacial score (nSPS) is 18.1. The Morgan fingerprint density at radius 3 is 0.894 bits per heavy atom. The molecule has 10 atom stereocenters. The minimum Gasteiger partial charge on any atom is -0.508 e. The van der Waals surface area contributed by atoms with Crippen LogP contribution in [0.5, 0.6) is 201 Å². The molecule has 13 aromatic carbocycles. The van der Waals surface area contributed by atoms with Crippen LogP contribution in [-0.4, -0.2) is 212 Å². The first-order valence-corrected chi connectivity index (χ1v) is 41.6. The second-order valence-corrected chi connectivity index (χ2v) is 32.4. The molecule has 33 N–H and O–H groups in total. The van der Waals surface area contributed by atoms with Crippen LogP contribution in [0.3, 0.4) is 0 Å². The summed E-state index contributed by atoms with van der Waals surface area (Å²) < 4.78 is 44.2. The highest BCUT2D eigenvalue weighted by Gasteiger charge is 2.41. The lowest BCUT2D eigenvalue weighted by Crippen LogP contribution is -2.34. The number of benzene rings is 13. The number of aromatic hydroxyl groups is 29. The molecule has 0 aliphatic carbocycles. The molecule has 0 bridgehead atoms. The van der Waals surface area contributed by atoms with E-state index in [2.05, 4.69) is 0 Å². The van der Waals surface area contributed by atoms with Gasteiger partial charge < -0.3 is 206 Å². The van der Waals surface area contributed by atoms with Crippen molar-refractivity contribution in [3.05, 3.63) is 253 Å². The van der Waals surface area contributed by atoms with E-state index in [1.165, 1.54) is 122 Å². The van der Waals surface area contributed by atoms with Crippen molar-refractivity contribution in [1.82, 2.24) is 0 Å². The summed E-state index contributed by atoms with van der Waals surface area (Å²) in [6.45, 7) is 0. The maximum atomic E-state index is 12.7. The van der Waals surface area contributed by atoms with E-state index in [9.17, 15) is 178 Å². The van der Waals surface area contributed by atoms with Crippen LogP contribution >= 0.6 is 0 Å². The van der Waals surface area contributed by atoms with Gasteiger partial charge in [-0.05, 0) is 102 Å². The molecule has 4 unspecified atom stereocenters. The molecule has 0 radical (unpaired) electrons. The van der Waals surface area contributed by atoms with E-state index in [1.807, 2.05) is 0 Å². The third-order valence-corrected chi connectivity index (χ3v) is 22.7. The maximum absolute atomic E-state index is 12.7. The number of fused-ring (bicyclic) bond motifs is 6. The monoisotopic (exact) mass is 1950 g/mol. The predicted molar refractivity (Wildman–Crippen MR) is 482 cm³/mol. The van der Waals surface area contributed by atoms with Gasteiger partial charge in [-0.2, -0.15) is 0 Å². The highest BCUT2D eigenvalue weighted by molar-refractivity contribution is 5.91. The average molecular weight is 1950 g/mol. The number of methoxy groups -OCH3 is 1. The molecule has 0 fully saturated rings. The van der Waals surface area contributed by atoms with Crippen molar-refractivity contribution >= 4 is 16.9 Å². The lowest BCUT2D eigenvalue weighted by atomic mass is 9.93. The smallest absolute Gasteiger partial charge is 0.338 e. The van der Waals surface area contributed by atoms with Crippen LogP contribution in [0.2, 0.25) is 0 Å². The highest BCUT2D eigenvalue weighted by atomic mass is 16.6. The van der Waals surface area contributed by atoms with Gasteiger partial charge in [0.1, 0.15) is 127 Å². The number of phenols is 28. The highest BCUT2D eigenvalue weighted by Crippen LogP contribution is 2.53. The molecule has 43 nitrogen and oxygen atoms in total. The van der Waals surface area contributed by atoms with Gasteiger partial charge in [0, 0.05) is 155 Å². The molecule has 6 heterocycles. The molecule has 5 aliphatic heterocycles. The van der Waals surface area contributed by atoms with Gasteiger partial charge >= 0.3 is 5.97 Å². The van der Waals surface area contributed by atoms with E-state index in [1.54, 1.807) is 0 Å². The van der Waals surface area contributed by atoms with Crippen LogP contribution in [0.25, 0.3) is 22.3 Å². The largest absolute Gasteiger partial charge is 0.508 e. The number of carbonyl (C=O) groups is 1. The first-order valence-electron chi connectivity index (χ1n) is 41.6. The van der Waals surface area contributed by atoms with Crippen molar-refractivity contribution in [1.29, 1.82) is 0 Å². The third-order valence-electron chi connectivity index (χ3n) is 22.7. The van der Waals surface area contributed by atoms with Gasteiger partial charge in [0.25, 0.3) is 0 Å². The quantitative estimate of drug-likeness (QED) is 0.0471. The van der Waals surface area contributed by atoms with Gasteiger partial charge in [0.15, 0.2) is 122 Å². The standard InChI is InChI=1S/C22H18O10.C16H12O7.2C15H14O7.2C15H14O6/c23-11-6-14(25)12-8-19(32-22(30)10-4-16(27)20(29)17(28)5-10)21(31-18(12)7-11)9-1-2-13(24)15(26)3-9;1-22-11-4-7(2-3-9(11)18)16-15(21)14(20)13-10(19)5-8(17)6-12(13)23-16;2*16-7-3-9(17)8-5-12(20)15(22-13(8)4-7)6-1-10(18)14(21)11(19)2-6;2*16-8-4-11(18)9-6-13(20)15(21-14(9)5-8)7-1-2-10(17)12(19)3-7/h1-7,19,21,23-29H,8H2;2-6,17-19,21H,1H3;2*1-4,12,15-21H,5H2;2*1-5,13,15-20H,6H2/t19-,21-;;12-,15+;;13-,15+;/m1.1.0./s1. The number of aliphatic hydroxyl groups excluding tert-OH is 4. The molecule has 0 saturated heterocycles. The summed E-state index contributed by atoms with van der Waals surface area (Å²) in [4.78, 5) is 24.9. The topological polar surface area (TPSA) is 779 Å². The van der Waals surface area contributed by atoms with Gasteiger partial charge in [0.2, 0.25) is 11.2 Å². The zero-order valence-electron chi connectivity index (χ0n) is 72.5. The Kier molecular flexibility index (Phi) is 27.7. The molecule has 0 amide bonds. The van der Waals surface area contributed by atoms with E-state index < -0.39 is 141 Å². The summed E-state index contributed by atoms with van der Waals surface area (Å²) >= 11 is 0. The van der Waals surface area contributed by atoms with Crippen molar-refractivity contribution < 1.29 is 211 Å².